The van der Waals surface area contributed by atoms with Crippen LogP contribution in [0.25, 0.3) is 0 Å². The van der Waals surface area contributed by atoms with Crippen LogP contribution in [0.4, 0.5) is 10.1 Å². The van der Waals surface area contributed by atoms with Crippen molar-refractivity contribution in [1.29, 1.82) is 0 Å². The monoisotopic (exact) mass is 438 g/mol. The first-order chi connectivity index (χ1) is 14.7. The summed E-state index contributed by atoms with van der Waals surface area (Å²) in [5, 5.41) is 7.39. The number of carbonyl (C=O) groups excluding carboxylic acids is 1. The Morgan fingerprint density at radius 1 is 1.23 bits per heavy atom. The maximum absolute atomic E-state index is 13.3. The highest BCUT2D eigenvalue weighted by Crippen LogP contribution is 2.32. The van der Waals surface area contributed by atoms with Gasteiger partial charge in [0.15, 0.2) is 11.6 Å². The van der Waals surface area contributed by atoms with Gasteiger partial charge in [0.25, 0.3) is 0 Å². The lowest BCUT2D eigenvalue weighted by molar-refractivity contribution is -0.118. The van der Waals surface area contributed by atoms with E-state index >= 15 is 0 Å². The van der Waals surface area contributed by atoms with Crippen molar-refractivity contribution in [3.8, 4) is 0 Å². The lowest BCUT2D eigenvalue weighted by atomic mass is 9.91. The minimum atomic E-state index is -0.950. The molecule has 31 heavy (non-hydrogen) atoms. The minimum Gasteiger partial charge on any atom is -0.379 e. The molecule has 2 aromatic carbocycles. The molecule has 0 saturated carbocycles. The molecule has 0 fully saturated rings. The number of rotatable bonds is 5. The summed E-state index contributed by atoms with van der Waals surface area (Å²) in [6.45, 7) is 6.39. The number of hydrogen-bond donors (Lipinski definition) is 2. The number of aliphatic imine (C=N–C) groups is 2. The van der Waals surface area contributed by atoms with E-state index in [2.05, 4.69) is 34.5 Å². The fourth-order valence-corrected chi connectivity index (χ4v) is 4.23. The zero-order chi connectivity index (χ0) is 22.2. The molecule has 2 bridgehead atoms. The van der Waals surface area contributed by atoms with Gasteiger partial charge < -0.3 is 10.6 Å². The van der Waals surface area contributed by atoms with Crippen molar-refractivity contribution in [1.82, 2.24) is 5.32 Å². The lowest BCUT2D eigenvalue weighted by Gasteiger charge is -2.26. The summed E-state index contributed by atoms with van der Waals surface area (Å²) in [4.78, 5) is 22.3. The van der Waals surface area contributed by atoms with Crippen molar-refractivity contribution in [2.45, 2.75) is 38.6 Å². The molecule has 2 aliphatic heterocycles. The third-order valence-corrected chi connectivity index (χ3v) is 5.78. The fourth-order valence-electron chi connectivity index (χ4n) is 3.83. The number of nitrogens with zero attached hydrogens (tertiary/aromatic N) is 2. The predicted molar refractivity (Wildman–Crippen MR) is 124 cm³/mol. The number of anilines is 1. The van der Waals surface area contributed by atoms with E-state index in [4.69, 9.17) is 11.6 Å². The normalized spacial score (nSPS) is 20.5. The number of fused-ring (bicyclic) bond motifs is 2. The maximum Gasteiger partial charge on any atom is 0.185 e. The predicted octanol–water partition coefficient (Wildman–Crippen LogP) is 5.08. The summed E-state index contributed by atoms with van der Waals surface area (Å²) < 4.78 is 13.3. The van der Waals surface area contributed by atoms with Crippen molar-refractivity contribution in [3.05, 3.63) is 76.2 Å². The number of hydrogen-bond acceptors (Lipinski definition) is 5. The van der Waals surface area contributed by atoms with Crippen molar-refractivity contribution >= 4 is 34.7 Å². The van der Waals surface area contributed by atoms with Crippen LogP contribution in [0.5, 0.6) is 0 Å². The van der Waals surface area contributed by atoms with Crippen LogP contribution in [0.3, 0.4) is 0 Å². The Balaban J connectivity index is 1.59. The first-order valence-corrected chi connectivity index (χ1v) is 10.6. The number of nitrogens with one attached hydrogen (secondary N) is 2. The summed E-state index contributed by atoms with van der Waals surface area (Å²) in [6, 6.07) is 11.7. The molecular weight excluding hydrogens is 415 g/mol. The van der Waals surface area contributed by atoms with Gasteiger partial charge in [0.05, 0.1) is 6.54 Å². The average Bonchev–Trinajstić information content (AvgIpc) is 2.79. The van der Waals surface area contributed by atoms with Gasteiger partial charge in [0.1, 0.15) is 17.2 Å². The third kappa shape index (κ3) is 4.39. The van der Waals surface area contributed by atoms with Gasteiger partial charge in [-0.1, -0.05) is 31.5 Å². The van der Waals surface area contributed by atoms with Crippen molar-refractivity contribution in [2.75, 3.05) is 11.9 Å². The van der Waals surface area contributed by atoms with Crippen LogP contribution < -0.4 is 10.6 Å². The van der Waals surface area contributed by atoms with E-state index in [1.165, 1.54) is 12.1 Å². The largest absolute Gasteiger partial charge is 0.379 e. The molecule has 5 nitrogen and oxygen atoms in total. The van der Waals surface area contributed by atoms with Crippen LogP contribution in [0.1, 0.15) is 44.2 Å². The summed E-state index contributed by atoms with van der Waals surface area (Å²) in [5.41, 5.74) is 2.39. The molecule has 0 amide bonds. The second kappa shape index (κ2) is 8.27. The second-order valence-corrected chi connectivity index (χ2v) is 8.73. The van der Waals surface area contributed by atoms with Crippen LogP contribution in [0.2, 0.25) is 5.02 Å². The Labute approximate surface area is 186 Å². The first-order valence-electron chi connectivity index (χ1n) is 10.2. The van der Waals surface area contributed by atoms with Gasteiger partial charge in [0.2, 0.25) is 0 Å². The maximum atomic E-state index is 13.3. The Bertz CT molecular complexity index is 1120. The minimum absolute atomic E-state index is 0.100. The number of ketones is 1. The summed E-state index contributed by atoms with van der Waals surface area (Å²) >= 11 is 6.39. The molecule has 1 unspecified atom stereocenters. The molecule has 2 N–H and O–H groups in total. The van der Waals surface area contributed by atoms with Crippen molar-refractivity contribution < 1.29 is 9.18 Å². The van der Waals surface area contributed by atoms with Gasteiger partial charge in [0, 0.05) is 34.5 Å². The summed E-state index contributed by atoms with van der Waals surface area (Å²) in [7, 11) is 0. The molecule has 7 heteroatoms. The molecule has 0 radical (unpaired) electrons. The Kier molecular flexibility index (Phi) is 5.67. The summed E-state index contributed by atoms with van der Waals surface area (Å²) in [5.74, 6) is 0.900. The van der Waals surface area contributed by atoms with Crippen molar-refractivity contribution in [3.63, 3.8) is 0 Å². The topological polar surface area (TPSA) is 65.8 Å². The van der Waals surface area contributed by atoms with Gasteiger partial charge in [-0.2, -0.15) is 0 Å². The van der Waals surface area contributed by atoms with E-state index in [0.29, 0.717) is 40.9 Å². The quantitative estimate of drug-likeness (QED) is 0.684. The van der Waals surface area contributed by atoms with E-state index < -0.39 is 5.54 Å². The molecular formula is C24H24ClFN4O. The zero-order valence-corrected chi connectivity index (χ0v) is 18.4. The van der Waals surface area contributed by atoms with E-state index in [1.807, 2.05) is 18.2 Å². The van der Waals surface area contributed by atoms with E-state index in [9.17, 15) is 9.18 Å². The average molecular weight is 439 g/mol. The third-order valence-electron chi connectivity index (χ3n) is 5.45. The van der Waals surface area contributed by atoms with Gasteiger partial charge in [-0.05, 0) is 54.8 Å². The molecule has 2 heterocycles. The number of benzene rings is 2. The smallest absolute Gasteiger partial charge is 0.185 e. The van der Waals surface area contributed by atoms with E-state index in [-0.39, 0.29) is 17.5 Å². The molecule has 0 saturated heterocycles. The van der Waals surface area contributed by atoms with Gasteiger partial charge in [-0.3, -0.25) is 9.79 Å². The molecule has 2 aliphatic rings. The zero-order valence-electron chi connectivity index (χ0n) is 17.7. The fraction of sp³-hybridized carbons (Fsp3) is 0.292. The van der Waals surface area contributed by atoms with Crippen LogP contribution in [-0.2, 0) is 4.79 Å². The molecule has 0 aromatic heterocycles. The molecule has 1 atom stereocenters. The molecule has 0 spiro atoms. The van der Waals surface area contributed by atoms with Gasteiger partial charge in [-0.15, -0.1) is 0 Å². The Hall–Kier alpha value is -2.99. The van der Waals surface area contributed by atoms with Crippen LogP contribution >= 0.6 is 11.6 Å². The Morgan fingerprint density at radius 3 is 2.68 bits per heavy atom. The SMILES string of the molecule is CC(C)c1c(Cl)cccc1NCC1=CC(=O)C2(C)CC(=NC(c3ccc(F)cc3)=N2)N1. The van der Waals surface area contributed by atoms with Crippen LogP contribution in [0, 0.1) is 5.82 Å². The lowest BCUT2D eigenvalue weighted by Crippen LogP contribution is -2.40. The molecule has 160 valence electrons. The van der Waals surface area contributed by atoms with Crippen LogP contribution in [0.15, 0.2) is 64.2 Å². The number of carbonyl (C=O) groups is 1. The van der Waals surface area contributed by atoms with Gasteiger partial charge >= 0.3 is 0 Å². The number of halogens is 2. The highest BCUT2D eigenvalue weighted by atomic mass is 35.5. The first kappa shape index (κ1) is 21.2. The highest BCUT2D eigenvalue weighted by molar-refractivity contribution is 6.31. The van der Waals surface area contributed by atoms with Crippen molar-refractivity contribution in [2.24, 2.45) is 9.98 Å². The van der Waals surface area contributed by atoms with Gasteiger partial charge in [-0.25, -0.2) is 9.38 Å². The second-order valence-electron chi connectivity index (χ2n) is 8.32. The number of amidine groups is 2. The van der Waals surface area contributed by atoms with E-state index in [1.54, 1.807) is 25.1 Å². The molecule has 2 aromatic rings. The van der Waals surface area contributed by atoms with Crippen LogP contribution in [-0.4, -0.2) is 29.5 Å². The Morgan fingerprint density at radius 2 is 1.97 bits per heavy atom. The summed E-state index contributed by atoms with van der Waals surface area (Å²) in [6.07, 6.45) is 1.97. The standard InChI is InChI=1S/C24H24ClFN4O/c1-14(2)22-18(25)5-4-6-19(22)27-13-17-11-20(31)24(3)12-21(28-17)29-23(30-24)15-7-9-16(26)10-8-15/h4-11,14,27H,12-13H2,1-3H3,(H,28,29,30). The molecule has 4 rings (SSSR count). The highest BCUT2D eigenvalue weighted by Gasteiger charge is 2.38. The van der Waals surface area contributed by atoms with E-state index in [0.717, 1.165) is 11.3 Å². The molecule has 0 aliphatic carbocycles.